The molecule has 2 nitrogen and oxygen atoms in total. The molecule has 0 spiro atoms. The van der Waals surface area contributed by atoms with E-state index in [4.69, 9.17) is 0 Å². The summed E-state index contributed by atoms with van der Waals surface area (Å²) in [6, 6.07) is 26.6. The number of benzene rings is 2. The van der Waals surface area contributed by atoms with E-state index >= 15 is 0 Å². The number of pyridine rings is 2. The third-order valence-electron chi connectivity index (χ3n) is 6.85. The highest BCUT2D eigenvalue weighted by Crippen LogP contribution is 2.38. The molecule has 0 radical (unpaired) electrons. The molecule has 4 aromatic rings. The first kappa shape index (κ1) is 19.2. The van der Waals surface area contributed by atoms with Gasteiger partial charge in [0.1, 0.15) is 13.1 Å². The number of hydrogen-bond donors (Lipinski definition) is 0. The highest BCUT2D eigenvalue weighted by atomic mass is 15.0. The van der Waals surface area contributed by atoms with E-state index in [9.17, 15) is 0 Å². The van der Waals surface area contributed by atoms with Gasteiger partial charge in [-0.1, -0.05) is 54.6 Å². The lowest BCUT2D eigenvalue weighted by molar-refractivity contribution is -0.687. The number of aromatic nitrogens is 2. The Labute approximate surface area is 190 Å². The molecular formula is C30H28N2+2. The first-order valence-corrected chi connectivity index (χ1v) is 11.8. The maximum Gasteiger partial charge on any atom is 0.214 e. The first-order chi connectivity index (χ1) is 15.9. The number of rotatable bonds is 2. The van der Waals surface area contributed by atoms with E-state index in [0.29, 0.717) is 0 Å². The van der Waals surface area contributed by atoms with Gasteiger partial charge in [0, 0.05) is 37.1 Å². The van der Waals surface area contributed by atoms with Crippen molar-refractivity contribution < 1.29 is 9.13 Å². The predicted octanol–water partition coefficient (Wildman–Crippen LogP) is 5.66. The van der Waals surface area contributed by atoms with E-state index in [1.54, 1.807) is 0 Å². The Balaban J connectivity index is 1.55. The van der Waals surface area contributed by atoms with Crippen LogP contribution in [-0.2, 0) is 25.9 Å². The molecule has 2 aromatic heterocycles. The van der Waals surface area contributed by atoms with Gasteiger partial charge < -0.3 is 0 Å². The summed E-state index contributed by atoms with van der Waals surface area (Å²) in [6.45, 7) is 2.15. The molecule has 0 aliphatic carbocycles. The molecule has 0 fully saturated rings. The monoisotopic (exact) mass is 416 g/mol. The van der Waals surface area contributed by atoms with Crippen molar-refractivity contribution in [2.75, 3.05) is 0 Å². The van der Waals surface area contributed by atoms with E-state index in [1.165, 1.54) is 57.6 Å². The Hall–Kier alpha value is -3.52. The highest BCUT2D eigenvalue weighted by molar-refractivity contribution is 5.84. The van der Waals surface area contributed by atoms with E-state index in [-0.39, 0.29) is 0 Å². The van der Waals surface area contributed by atoms with Crippen LogP contribution in [0.4, 0.5) is 0 Å². The molecular weight excluding hydrogens is 388 g/mol. The SMILES string of the molecule is C(=C\c1cc[n+]2c(c1)-c1c(ccc3c1-c1cccc[n+]1CCC3)CCC2)/c1ccccc1. The van der Waals surface area contributed by atoms with Gasteiger partial charge in [0.25, 0.3) is 0 Å². The zero-order chi connectivity index (χ0) is 21.3. The largest absolute Gasteiger partial charge is 0.214 e. The molecule has 2 heteroatoms. The fourth-order valence-electron chi connectivity index (χ4n) is 5.28. The van der Waals surface area contributed by atoms with Crippen molar-refractivity contribution in [3.05, 3.63) is 107 Å². The molecule has 32 heavy (non-hydrogen) atoms. The Kier molecular flexibility index (Phi) is 4.92. The van der Waals surface area contributed by atoms with Crippen LogP contribution in [0.25, 0.3) is 34.7 Å². The number of aryl methyl sites for hydroxylation is 4. The van der Waals surface area contributed by atoms with Gasteiger partial charge in [-0.2, -0.15) is 9.13 Å². The van der Waals surface area contributed by atoms with Crippen LogP contribution >= 0.6 is 0 Å². The van der Waals surface area contributed by atoms with Gasteiger partial charge >= 0.3 is 0 Å². The van der Waals surface area contributed by atoms with Gasteiger partial charge in [0.05, 0.1) is 11.1 Å². The molecule has 2 aromatic carbocycles. The molecule has 156 valence electrons. The van der Waals surface area contributed by atoms with Gasteiger partial charge in [-0.15, -0.1) is 0 Å². The van der Waals surface area contributed by atoms with Crippen LogP contribution in [-0.4, -0.2) is 0 Å². The Morgan fingerprint density at radius 2 is 1.22 bits per heavy atom. The molecule has 4 heterocycles. The summed E-state index contributed by atoms with van der Waals surface area (Å²) >= 11 is 0. The maximum atomic E-state index is 2.46. The molecule has 0 bridgehead atoms. The highest BCUT2D eigenvalue weighted by Gasteiger charge is 2.31. The van der Waals surface area contributed by atoms with Crippen LogP contribution < -0.4 is 9.13 Å². The van der Waals surface area contributed by atoms with Crippen LogP contribution in [0.3, 0.4) is 0 Å². The fraction of sp³-hybridized carbons (Fsp3) is 0.200. The van der Waals surface area contributed by atoms with Gasteiger partial charge in [-0.05, 0) is 41.2 Å². The summed E-state index contributed by atoms with van der Waals surface area (Å²) in [6.07, 6.45) is 13.6. The topological polar surface area (TPSA) is 7.76 Å². The molecule has 0 amide bonds. The third kappa shape index (κ3) is 3.46. The van der Waals surface area contributed by atoms with E-state index in [1.807, 2.05) is 0 Å². The Morgan fingerprint density at radius 3 is 2.00 bits per heavy atom. The van der Waals surface area contributed by atoms with Crippen molar-refractivity contribution in [1.29, 1.82) is 0 Å². The fourth-order valence-corrected chi connectivity index (χ4v) is 5.28. The van der Waals surface area contributed by atoms with Crippen LogP contribution in [0.2, 0.25) is 0 Å². The minimum Gasteiger partial charge on any atom is -0.198 e. The molecule has 2 aliphatic rings. The van der Waals surface area contributed by atoms with E-state index in [0.717, 1.165) is 25.9 Å². The molecule has 0 unspecified atom stereocenters. The number of hydrogen-bond acceptors (Lipinski definition) is 0. The first-order valence-electron chi connectivity index (χ1n) is 11.8. The minimum atomic E-state index is 1.07. The Bertz CT molecular complexity index is 1320. The second kappa shape index (κ2) is 8.20. The van der Waals surface area contributed by atoms with Gasteiger partial charge in [-0.25, -0.2) is 0 Å². The lowest BCUT2D eigenvalue weighted by Crippen LogP contribution is -2.36. The smallest absolute Gasteiger partial charge is 0.198 e. The molecule has 0 N–H and O–H groups in total. The zero-order valence-corrected chi connectivity index (χ0v) is 18.4. The van der Waals surface area contributed by atoms with Gasteiger partial charge in [-0.3, -0.25) is 0 Å². The molecule has 6 rings (SSSR count). The Morgan fingerprint density at radius 1 is 0.562 bits per heavy atom. The van der Waals surface area contributed by atoms with Crippen molar-refractivity contribution in [2.24, 2.45) is 0 Å². The molecule has 0 saturated carbocycles. The summed E-state index contributed by atoms with van der Waals surface area (Å²) < 4.78 is 4.91. The molecule has 0 atom stereocenters. The summed E-state index contributed by atoms with van der Waals surface area (Å²) in [5.41, 5.74) is 11.0. The second-order valence-electron chi connectivity index (χ2n) is 8.90. The maximum absolute atomic E-state index is 2.46. The number of nitrogens with zero attached hydrogens (tertiary/aromatic N) is 2. The van der Waals surface area contributed by atoms with Crippen molar-refractivity contribution in [1.82, 2.24) is 0 Å². The van der Waals surface area contributed by atoms with E-state index < -0.39 is 0 Å². The lowest BCUT2D eigenvalue weighted by atomic mass is 9.88. The summed E-state index contributed by atoms with van der Waals surface area (Å²) in [5, 5.41) is 0. The zero-order valence-electron chi connectivity index (χ0n) is 18.4. The quantitative estimate of drug-likeness (QED) is 0.373. The summed E-state index contributed by atoms with van der Waals surface area (Å²) in [7, 11) is 0. The molecule has 2 aliphatic heterocycles. The summed E-state index contributed by atoms with van der Waals surface area (Å²) in [4.78, 5) is 0. The van der Waals surface area contributed by atoms with Crippen molar-refractivity contribution in [2.45, 2.75) is 38.8 Å². The van der Waals surface area contributed by atoms with Crippen molar-refractivity contribution in [3.8, 4) is 22.5 Å². The minimum absolute atomic E-state index is 1.07. The average molecular weight is 417 g/mol. The van der Waals surface area contributed by atoms with E-state index in [2.05, 4.69) is 106 Å². The number of fused-ring (bicyclic) bond motifs is 7. The van der Waals surface area contributed by atoms with Gasteiger partial charge in [0.2, 0.25) is 11.4 Å². The van der Waals surface area contributed by atoms with Gasteiger partial charge in [0.15, 0.2) is 12.4 Å². The van der Waals surface area contributed by atoms with Crippen LogP contribution in [0.5, 0.6) is 0 Å². The standard InChI is InChI=1S/C30H28N2/c1-2-8-23(9-3-1)13-14-24-17-21-32-20-7-11-26-16-15-25-10-6-19-31-18-5-4-12-27(31)29(25)30(26)28(32)22-24/h1-5,8-9,12-18,21-22H,6-7,10-11,19-20H2/q+2/b14-13+. The van der Waals surface area contributed by atoms with Crippen LogP contribution in [0.15, 0.2) is 85.2 Å². The molecule has 0 saturated heterocycles. The second-order valence-corrected chi connectivity index (χ2v) is 8.90. The average Bonchev–Trinajstić information content (AvgIpc) is 3.14. The van der Waals surface area contributed by atoms with Crippen molar-refractivity contribution >= 4 is 12.2 Å². The van der Waals surface area contributed by atoms with Crippen molar-refractivity contribution in [3.63, 3.8) is 0 Å². The third-order valence-corrected chi connectivity index (χ3v) is 6.85. The summed E-state index contributed by atoms with van der Waals surface area (Å²) in [5.74, 6) is 0. The lowest BCUT2D eigenvalue weighted by Gasteiger charge is -2.13. The predicted molar refractivity (Wildman–Crippen MR) is 130 cm³/mol. The normalized spacial score (nSPS) is 14.6. The van der Waals surface area contributed by atoms with Crippen LogP contribution in [0, 0.1) is 0 Å². The van der Waals surface area contributed by atoms with Crippen LogP contribution in [0.1, 0.15) is 35.1 Å².